The van der Waals surface area contributed by atoms with Gasteiger partial charge in [0.2, 0.25) is 0 Å². The fourth-order valence-electron chi connectivity index (χ4n) is 5.26. The minimum absolute atomic E-state index is 0.0389. The summed E-state index contributed by atoms with van der Waals surface area (Å²) in [6, 6.07) is 0. The third kappa shape index (κ3) is 45.3. The molecular formula is C48H78O14P2. The first-order valence-corrected chi connectivity index (χ1v) is 25.7. The Morgan fingerprint density at radius 1 is 0.516 bits per heavy atom. The minimum Gasteiger partial charge on any atom is -0.462 e. The van der Waals surface area contributed by atoms with Crippen molar-refractivity contribution < 1.29 is 66.7 Å². The maximum atomic E-state index is 12.7. The molecule has 0 heterocycles. The van der Waals surface area contributed by atoms with Gasteiger partial charge in [-0.05, 0) is 83.5 Å². The molecule has 64 heavy (non-hydrogen) atoms. The number of unbranched alkanes of at least 4 members (excludes halogenated alkanes) is 6. The van der Waals surface area contributed by atoms with E-state index < -0.39 is 72.3 Å². The SMILES string of the molecule is CCCCC/C=C\C/C=C\C/C=C\C=C\[C@@H](O)CCCC(=O)OC[C@H](COP(=O)(O)OC[C@@H](O)COP(=O)(O)O)OC(=O)CC/C=C\C/C=C\C/C=C\C/C=C\C/C=C\CCCCC. The van der Waals surface area contributed by atoms with E-state index in [0.29, 0.717) is 19.3 Å². The predicted molar refractivity (Wildman–Crippen MR) is 254 cm³/mol. The van der Waals surface area contributed by atoms with Crippen LogP contribution in [-0.2, 0) is 41.8 Å². The smallest absolute Gasteiger partial charge is 0.462 e. The number of hydrogen-bond donors (Lipinski definition) is 5. The van der Waals surface area contributed by atoms with E-state index in [-0.39, 0.29) is 19.3 Å². The zero-order valence-corrected chi connectivity index (χ0v) is 40.0. The fraction of sp³-hybridized carbons (Fsp3) is 0.583. The maximum absolute atomic E-state index is 12.7. The maximum Gasteiger partial charge on any atom is 0.472 e. The molecule has 0 fully saturated rings. The number of aliphatic hydroxyl groups is 2. The Balaban J connectivity index is 4.82. The number of phosphoric ester groups is 2. The second-order valence-electron chi connectivity index (χ2n) is 14.8. The van der Waals surface area contributed by atoms with Crippen molar-refractivity contribution in [3.8, 4) is 0 Å². The summed E-state index contributed by atoms with van der Waals surface area (Å²) >= 11 is 0. The Morgan fingerprint density at radius 3 is 1.50 bits per heavy atom. The van der Waals surface area contributed by atoms with E-state index in [1.54, 1.807) is 12.2 Å². The van der Waals surface area contributed by atoms with E-state index >= 15 is 0 Å². The predicted octanol–water partition coefficient (Wildman–Crippen LogP) is 10.9. The highest BCUT2D eigenvalue weighted by molar-refractivity contribution is 7.47. The highest BCUT2D eigenvalue weighted by Gasteiger charge is 2.28. The first kappa shape index (κ1) is 60.7. The normalized spacial score (nSPS) is 15.4. The number of allylic oxidation sites excluding steroid dienone is 17. The molecule has 0 aliphatic heterocycles. The largest absolute Gasteiger partial charge is 0.472 e. The topological polar surface area (TPSA) is 216 Å². The molecule has 4 atom stereocenters. The average molecular weight is 941 g/mol. The van der Waals surface area contributed by atoms with Crippen molar-refractivity contribution in [2.75, 3.05) is 26.4 Å². The van der Waals surface area contributed by atoms with Gasteiger partial charge in [-0.25, -0.2) is 9.13 Å². The van der Waals surface area contributed by atoms with Gasteiger partial charge in [-0.15, -0.1) is 0 Å². The molecule has 0 bridgehead atoms. The van der Waals surface area contributed by atoms with Crippen molar-refractivity contribution in [1.29, 1.82) is 0 Å². The van der Waals surface area contributed by atoms with Gasteiger partial charge >= 0.3 is 27.6 Å². The van der Waals surface area contributed by atoms with Crippen LogP contribution in [0.5, 0.6) is 0 Å². The molecule has 0 radical (unpaired) electrons. The van der Waals surface area contributed by atoms with Gasteiger partial charge in [0.1, 0.15) is 12.7 Å². The molecule has 0 saturated heterocycles. The number of carbonyl (C=O) groups is 2. The quantitative estimate of drug-likeness (QED) is 0.0127. The standard InChI is InChI=1S/C48H78O14P2/c1-3-5-7-9-11-13-15-17-18-19-20-21-22-24-26-28-30-32-34-38-48(52)62-46(43-61-64(56,57)60-41-45(50)40-59-63(53,54)55)42-58-47(51)39-35-37-44(49)36-33-31-29-27-25-23-16-14-12-10-8-6-4-2/h11-14,17-18,20-21,23-26,29-33,36,44-46,49-50H,3-10,15-16,19,22,27-28,34-35,37-43H2,1-2H3,(H,56,57)(H2,53,54,55)/b13-11-,14-12-,18-17-,21-20-,25-23-,26-24-,31-29-,32-30-,36-33+/t44-,45+,46-/m1/s1. The van der Waals surface area contributed by atoms with E-state index in [4.69, 9.17) is 23.8 Å². The Bertz CT molecular complexity index is 1560. The molecule has 0 aromatic carbocycles. The Hall–Kier alpha value is -3.26. The molecule has 0 rings (SSSR count). The number of hydrogen-bond acceptors (Lipinski definition) is 11. The number of phosphoric acid groups is 2. The summed E-state index contributed by atoms with van der Waals surface area (Å²) in [7, 11) is -9.78. The van der Waals surface area contributed by atoms with Crippen molar-refractivity contribution in [3.63, 3.8) is 0 Å². The van der Waals surface area contributed by atoms with Crippen LogP contribution in [0.25, 0.3) is 0 Å². The molecule has 0 saturated carbocycles. The molecule has 0 aromatic heterocycles. The molecule has 5 N–H and O–H groups in total. The van der Waals surface area contributed by atoms with Gasteiger partial charge in [-0.3, -0.25) is 23.2 Å². The third-order valence-electron chi connectivity index (χ3n) is 8.74. The summed E-state index contributed by atoms with van der Waals surface area (Å²) in [6.07, 6.45) is 48.4. The van der Waals surface area contributed by atoms with Gasteiger partial charge in [0.05, 0.1) is 25.9 Å². The van der Waals surface area contributed by atoms with Crippen LogP contribution in [0, 0.1) is 0 Å². The van der Waals surface area contributed by atoms with Crippen molar-refractivity contribution in [3.05, 3.63) is 109 Å². The lowest BCUT2D eigenvalue weighted by molar-refractivity contribution is -0.161. The number of ether oxygens (including phenoxy) is 2. The minimum atomic E-state index is -4.90. The zero-order valence-electron chi connectivity index (χ0n) is 38.2. The Kier molecular flexibility index (Phi) is 40.2. The number of carbonyl (C=O) groups excluding carboxylic acids is 2. The summed E-state index contributed by atoms with van der Waals surface area (Å²) in [5.74, 6) is -1.34. The van der Waals surface area contributed by atoms with Crippen LogP contribution in [0.3, 0.4) is 0 Å². The van der Waals surface area contributed by atoms with Gasteiger partial charge in [0.25, 0.3) is 0 Å². The molecule has 364 valence electrons. The highest BCUT2D eigenvalue weighted by atomic mass is 31.2. The second kappa shape index (κ2) is 42.4. The molecule has 1 unspecified atom stereocenters. The van der Waals surface area contributed by atoms with E-state index in [1.165, 1.54) is 38.5 Å². The van der Waals surface area contributed by atoms with E-state index in [9.17, 15) is 33.8 Å². The lowest BCUT2D eigenvalue weighted by Crippen LogP contribution is -2.30. The monoisotopic (exact) mass is 940 g/mol. The third-order valence-corrected chi connectivity index (χ3v) is 10.2. The van der Waals surface area contributed by atoms with Crippen LogP contribution < -0.4 is 0 Å². The first-order chi connectivity index (χ1) is 30.8. The van der Waals surface area contributed by atoms with Gasteiger partial charge in [0.15, 0.2) is 6.10 Å². The van der Waals surface area contributed by atoms with Crippen molar-refractivity contribution in [2.24, 2.45) is 0 Å². The van der Waals surface area contributed by atoms with Crippen molar-refractivity contribution >= 4 is 27.6 Å². The molecule has 0 aliphatic carbocycles. The Morgan fingerprint density at radius 2 is 0.984 bits per heavy atom. The van der Waals surface area contributed by atoms with Gasteiger partial charge in [-0.1, -0.05) is 149 Å². The Labute approximate surface area is 383 Å². The fourth-order valence-corrected chi connectivity index (χ4v) is 6.41. The summed E-state index contributed by atoms with van der Waals surface area (Å²) in [5.41, 5.74) is 0. The van der Waals surface area contributed by atoms with E-state index in [2.05, 4.69) is 89.7 Å². The van der Waals surface area contributed by atoms with Gasteiger partial charge in [-0.2, -0.15) is 0 Å². The van der Waals surface area contributed by atoms with Crippen molar-refractivity contribution in [2.45, 2.75) is 154 Å². The van der Waals surface area contributed by atoms with Gasteiger partial charge < -0.3 is 34.4 Å². The molecule has 0 amide bonds. The van der Waals surface area contributed by atoms with Gasteiger partial charge in [0, 0.05) is 12.8 Å². The summed E-state index contributed by atoms with van der Waals surface area (Å²) in [6.45, 7) is 1.38. The molecule has 16 heteroatoms. The van der Waals surface area contributed by atoms with E-state index in [0.717, 1.165) is 44.9 Å². The number of esters is 2. The number of rotatable bonds is 41. The average Bonchev–Trinajstić information content (AvgIpc) is 3.25. The molecule has 0 aliphatic rings. The molecular weight excluding hydrogens is 862 g/mol. The van der Waals surface area contributed by atoms with Crippen molar-refractivity contribution in [1.82, 2.24) is 0 Å². The van der Waals surface area contributed by atoms with Crippen LogP contribution in [0.2, 0.25) is 0 Å². The summed E-state index contributed by atoms with van der Waals surface area (Å²) in [4.78, 5) is 52.7. The molecule has 0 aromatic rings. The highest BCUT2D eigenvalue weighted by Crippen LogP contribution is 2.43. The number of aliphatic hydroxyl groups excluding tert-OH is 2. The van der Waals surface area contributed by atoms with Crippen LogP contribution in [0.1, 0.15) is 136 Å². The summed E-state index contributed by atoms with van der Waals surface area (Å²) < 4.78 is 47.6. The molecule has 0 spiro atoms. The lowest BCUT2D eigenvalue weighted by Gasteiger charge is -2.20. The van der Waals surface area contributed by atoms with E-state index in [1.807, 2.05) is 30.4 Å². The van der Waals surface area contributed by atoms with Crippen LogP contribution in [0.15, 0.2) is 109 Å². The van der Waals surface area contributed by atoms with Crippen LogP contribution in [0.4, 0.5) is 0 Å². The summed E-state index contributed by atoms with van der Waals surface area (Å²) in [5, 5.41) is 20.0. The lowest BCUT2D eigenvalue weighted by atomic mass is 10.1. The second-order valence-corrected chi connectivity index (χ2v) is 17.5. The molecule has 14 nitrogen and oxygen atoms in total. The van der Waals surface area contributed by atoms with Crippen LogP contribution in [-0.4, -0.2) is 81.6 Å². The first-order valence-electron chi connectivity index (χ1n) is 22.7. The van der Waals surface area contributed by atoms with Crippen LogP contribution >= 0.6 is 15.6 Å². The zero-order chi connectivity index (χ0) is 47.4.